The molecule has 0 aliphatic heterocycles. The third kappa shape index (κ3) is 15.8. The maximum absolute atomic E-state index is 9.28. The zero-order valence-electron chi connectivity index (χ0n) is 12.9. The number of aliphatic hydroxyl groups is 1. The number of hydroxylamine groups is 2. The molecule has 0 radical (unpaired) electrons. The second kappa shape index (κ2) is 15.9. The lowest BCUT2D eigenvalue weighted by molar-refractivity contribution is -0.0991. The van der Waals surface area contributed by atoms with Crippen molar-refractivity contribution in [2.24, 2.45) is 0 Å². The highest BCUT2D eigenvalue weighted by Crippen LogP contribution is 2.11. The number of aliphatic hydroxyl groups excluding tert-OH is 1. The van der Waals surface area contributed by atoms with E-state index in [0.717, 1.165) is 6.42 Å². The van der Waals surface area contributed by atoms with Crippen LogP contribution in [-0.2, 0) is 0 Å². The summed E-state index contributed by atoms with van der Waals surface area (Å²) in [5, 5.41) is 19.1. The minimum absolute atomic E-state index is 0.0365. The number of hydrogen-bond donors (Lipinski definition) is 2. The molecule has 0 heterocycles. The molecule has 3 heteroatoms. The second-order valence-electron chi connectivity index (χ2n) is 5.57. The van der Waals surface area contributed by atoms with Crippen LogP contribution in [0.4, 0.5) is 0 Å². The summed E-state index contributed by atoms with van der Waals surface area (Å²) in [6, 6.07) is 0. The maximum atomic E-state index is 9.28. The van der Waals surface area contributed by atoms with Crippen LogP contribution in [0.15, 0.2) is 0 Å². The molecule has 3 nitrogen and oxygen atoms in total. The Balaban J connectivity index is 2.99. The Morgan fingerprint density at radius 3 is 1.47 bits per heavy atom. The molecule has 0 aromatic heterocycles. The van der Waals surface area contributed by atoms with E-state index >= 15 is 0 Å². The van der Waals surface area contributed by atoms with Gasteiger partial charge < -0.3 is 10.3 Å². The minimum atomic E-state index is 0.0365. The van der Waals surface area contributed by atoms with E-state index in [2.05, 4.69) is 6.92 Å². The van der Waals surface area contributed by atoms with Gasteiger partial charge in [-0.1, -0.05) is 77.6 Å². The highest BCUT2D eigenvalue weighted by Gasteiger charge is 1.98. The third-order valence-corrected chi connectivity index (χ3v) is 3.63. The number of nitrogens with zero attached hydrogens (tertiary/aromatic N) is 1. The van der Waals surface area contributed by atoms with Crippen LogP contribution < -0.4 is 0 Å². The highest BCUT2D eigenvalue weighted by atomic mass is 16.5. The Bertz CT molecular complexity index is 165. The number of unbranched alkanes of at least 4 members (excludes halogenated alkanes) is 11. The summed E-state index contributed by atoms with van der Waals surface area (Å²) in [6.07, 6.45) is 16.0. The molecule has 0 rings (SSSR count). The molecule has 0 unspecified atom stereocenters. The fraction of sp³-hybridized carbons (Fsp3) is 1.00. The molecule has 0 spiro atoms. The molecule has 116 valence electrons. The fourth-order valence-corrected chi connectivity index (χ4v) is 2.36. The fourth-order valence-electron chi connectivity index (χ4n) is 2.36. The minimum Gasteiger partial charge on any atom is -0.395 e. The van der Waals surface area contributed by atoms with Gasteiger partial charge in [-0.2, -0.15) is 5.06 Å². The molecule has 0 bridgehead atoms. The molecule has 0 aliphatic carbocycles. The van der Waals surface area contributed by atoms with Crippen molar-refractivity contribution in [1.29, 1.82) is 0 Å². The lowest BCUT2D eigenvalue weighted by atomic mass is 10.1. The van der Waals surface area contributed by atoms with Crippen LogP contribution >= 0.6 is 0 Å². The van der Waals surface area contributed by atoms with Crippen molar-refractivity contribution in [2.45, 2.75) is 84.0 Å². The van der Waals surface area contributed by atoms with Crippen LogP contribution in [0.5, 0.6) is 0 Å². The van der Waals surface area contributed by atoms with Crippen LogP contribution in [0.1, 0.15) is 84.0 Å². The molecule has 0 fully saturated rings. The van der Waals surface area contributed by atoms with Crippen LogP contribution in [0.2, 0.25) is 0 Å². The van der Waals surface area contributed by atoms with Gasteiger partial charge in [0.15, 0.2) is 0 Å². The van der Waals surface area contributed by atoms with Gasteiger partial charge in [-0.3, -0.25) is 0 Å². The average Bonchev–Trinajstić information content (AvgIpc) is 2.40. The Kier molecular flexibility index (Phi) is 15.8. The predicted octanol–water partition coefficient (Wildman–Crippen LogP) is 4.37. The average molecular weight is 273 g/mol. The zero-order valence-corrected chi connectivity index (χ0v) is 12.9. The standard InChI is InChI=1S/C16H35NO2/c1-2-3-4-5-6-7-8-9-10-11-12-13-14-17(19)15-16-18/h18-19H,2-16H2,1H3. The van der Waals surface area contributed by atoms with Crippen LogP contribution in [0.3, 0.4) is 0 Å². The molecule has 0 aromatic carbocycles. The summed E-state index contributed by atoms with van der Waals surface area (Å²) in [5.74, 6) is 0. The van der Waals surface area contributed by atoms with Crippen molar-refractivity contribution < 1.29 is 10.3 Å². The molecule has 0 saturated carbocycles. The van der Waals surface area contributed by atoms with Crippen molar-refractivity contribution >= 4 is 0 Å². The Labute approximate surface area is 120 Å². The maximum Gasteiger partial charge on any atom is 0.0581 e. The second-order valence-corrected chi connectivity index (χ2v) is 5.57. The lowest BCUT2D eigenvalue weighted by Crippen LogP contribution is -2.23. The number of rotatable bonds is 15. The predicted molar refractivity (Wildman–Crippen MR) is 81.5 cm³/mol. The molecule has 0 saturated heterocycles. The molecular weight excluding hydrogens is 238 g/mol. The monoisotopic (exact) mass is 273 g/mol. The summed E-state index contributed by atoms with van der Waals surface area (Å²) < 4.78 is 0. The van der Waals surface area contributed by atoms with E-state index in [1.54, 1.807) is 0 Å². The molecular formula is C16H35NO2. The van der Waals surface area contributed by atoms with Gasteiger partial charge in [0.2, 0.25) is 0 Å². The largest absolute Gasteiger partial charge is 0.395 e. The van der Waals surface area contributed by atoms with Crippen LogP contribution in [-0.4, -0.2) is 35.1 Å². The number of hydrogen-bond acceptors (Lipinski definition) is 3. The van der Waals surface area contributed by atoms with Gasteiger partial charge in [-0.05, 0) is 6.42 Å². The summed E-state index contributed by atoms with van der Waals surface area (Å²) in [6.45, 7) is 3.37. The van der Waals surface area contributed by atoms with Gasteiger partial charge in [0.25, 0.3) is 0 Å². The molecule has 0 aliphatic rings. The molecule has 0 amide bonds. The van der Waals surface area contributed by atoms with Crippen LogP contribution in [0.25, 0.3) is 0 Å². The van der Waals surface area contributed by atoms with Gasteiger partial charge in [-0.25, -0.2) is 0 Å². The first-order valence-corrected chi connectivity index (χ1v) is 8.36. The van der Waals surface area contributed by atoms with Crippen molar-refractivity contribution in [3.8, 4) is 0 Å². The topological polar surface area (TPSA) is 43.7 Å². The SMILES string of the molecule is CCCCCCCCCCCCCCN(O)CCO. The quantitative estimate of drug-likeness (QED) is 0.344. The van der Waals surface area contributed by atoms with Crippen molar-refractivity contribution in [3.05, 3.63) is 0 Å². The first-order chi connectivity index (χ1) is 9.31. The smallest absolute Gasteiger partial charge is 0.0581 e. The van der Waals surface area contributed by atoms with E-state index in [1.165, 1.54) is 75.7 Å². The lowest BCUT2D eigenvalue weighted by Gasteiger charge is -2.12. The van der Waals surface area contributed by atoms with Gasteiger partial charge in [0, 0.05) is 13.1 Å². The van der Waals surface area contributed by atoms with E-state index in [4.69, 9.17) is 5.11 Å². The van der Waals surface area contributed by atoms with E-state index in [0.29, 0.717) is 13.1 Å². The summed E-state index contributed by atoms with van der Waals surface area (Å²) in [4.78, 5) is 0. The molecule has 0 atom stereocenters. The summed E-state index contributed by atoms with van der Waals surface area (Å²) in [7, 11) is 0. The normalized spacial score (nSPS) is 11.4. The van der Waals surface area contributed by atoms with Gasteiger partial charge >= 0.3 is 0 Å². The van der Waals surface area contributed by atoms with Crippen LogP contribution in [0, 0.1) is 0 Å². The molecule has 19 heavy (non-hydrogen) atoms. The summed E-state index contributed by atoms with van der Waals surface area (Å²) in [5.41, 5.74) is 0. The molecule has 2 N–H and O–H groups in total. The van der Waals surface area contributed by atoms with E-state index in [1.807, 2.05) is 0 Å². The Morgan fingerprint density at radius 1 is 0.632 bits per heavy atom. The van der Waals surface area contributed by atoms with E-state index < -0.39 is 0 Å². The third-order valence-electron chi connectivity index (χ3n) is 3.63. The Hall–Kier alpha value is -0.120. The first kappa shape index (κ1) is 18.9. The van der Waals surface area contributed by atoms with Gasteiger partial charge in [0.05, 0.1) is 6.61 Å². The van der Waals surface area contributed by atoms with Crippen molar-refractivity contribution in [1.82, 2.24) is 5.06 Å². The van der Waals surface area contributed by atoms with Gasteiger partial charge in [0.1, 0.15) is 0 Å². The van der Waals surface area contributed by atoms with Crippen molar-refractivity contribution in [3.63, 3.8) is 0 Å². The van der Waals surface area contributed by atoms with E-state index in [-0.39, 0.29) is 6.61 Å². The van der Waals surface area contributed by atoms with Gasteiger partial charge in [-0.15, -0.1) is 0 Å². The Morgan fingerprint density at radius 2 is 1.05 bits per heavy atom. The molecule has 0 aromatic rings. The van der Waals surface area contributed by atoms with E-state index in [9.17, 15) is 5.21 Å². The first-order valence-electron chi connectivity index (χ1n) is 8.36. The highest BCUT2D eigenvalue weighted by molar-refractivity contribution is 4.50. The zero-order chi connectivity index (χ0) is 14.2. The summed E-state index contributed by atoms with van der Waals surface area (Å²) >= 11 is 0. The van der Waals surface area contributed by atoms with Crippen molar-refractivity contribution in [2.75, 3.05) is 19.7 Å².